The highest BCUT2D eigenvalue weighted by molar-refractivity contribution is 5.87. The van der Waals surface area contributed by atoms with Crippen LogP contribution in [-0.4, -0.2) is 11.1 Å². The van der Waals surface area contributed by atoms with E-state index in [9.17, 15) is 4.79 Å². The van der Waals surface area contributed by atoms with Gasteiger partial charge in [0.2, 0.25) is 0 Å². The van der Waals surface area contributed by atoms with Crippen molar-refractivity contribution in [3.8, 4) is 0 Å². The third-order valence-corrected chi connectivity index (χ3v) is 3.06. The maximum atomic E-state index is 10.9. The van der Waals surface area contributed by atoms with E-state index in [1.807, 2.05) is 18.2 Å². The molecule has 0 saturated heterocycles. The summed E-state index contributed by atoms with van der Waals surface area (Å²) in [6, 6.07) is 8.07. The molecule has 0 spiro atoms. The van der Waals surface area contributed by atoms with Crippen LogP contribution >= 0.6 is 0 Å². The van der Waals surface area contributed by atoms with Crippen molar-refractivity contribution >= 4 is 5.97 Å². The normalized spacial score (nSPS) is 19.3. The van der Waals surface area contributed by atoms with Crippen molar-refractivity contribution in [2.45, 2.75) is 25.2 Å². The topological polar surface area (TPSA) is 37.3 Å². The number of carboxylic acids is 1. The summed E-state index contributed by atoms with van der Waals surface area (Å²) in [7, 11) is 0. The van der Waals surface area contributed by atoms with Gasteiger partial charge in [-0.2, -0.15) is 0 Å². The molecule has 0 aliphatic heterocycles. The summed E-state index contributed by atoms with van der Waals surface area (Å²) in [5.74, 6) is -0.871. The Morgan fingerprint density at radius 2 is 2.13 bits per heavy atom. The summed E-state index contributed by atoms with van der Waals surface area (Å²) in [6.07, 6.45) is 3.01. The Morgan fingerprint density at radius 3 is 2.87 bits per heavy atom. The van der Waals surface area contributed by atoms with Crippen molar-refractivity contribution < 1.29 is 9.90 Å². The number of rotatable bonds is 2. The lowest BCUT2D eigenvalue weighted by Gasteiger charge is -2.25. The van der Waals surface area contributed by atoms with E-state index in [4.69, 9.17) is 5.11 Å². The number of hydrogen-bond donors (Lipinski definition) is 1. The molecule has 2 nitrogen and oxygen atoms in total. The standard InChI is InChI=1S/C13H14O2/c1-9(13(14)15)11-8-4-6-10-5-2-3-7-12(10)11/h2-3,5,7,11H,1,4,6,8H2,(H,14,15)/t11-/m1/s1. The molecule has 78 valence electrons. The van der Waals surface area contributed by atoms with E-state index in [2.05, 4.69) is 12.6 Å². The lowest BCUT2D eigenvalue weighted by molar-refractivity contribution is -0.133. The van der Waals surface area contributed by atoms with Gasteiger partial charge in [0.15, 0.2) is 0 Å². The van der Waals surface area contributed by atoms with Crippen molar-refractivity contribution in [1.29, 1.82) is 0 Å². The zero-order valence-electron chi connectivity index (χ0n) is 8.57. The summed E-state index contributed by atoms with van der Waals surface area (Å²) in [4.78, 5) is 10.9. The van der Waals surface area contributed by atoms with E-state index in [-0.39, 0.29) is 5.92 Å². The molecule has 0 unspecified atom stereocenters. The Balaban J connectivity index is 2.38. The molecule has 2 rings (SSSR count). The van der Waals surface area contributed by atoms with E-state index in [1.165, 1.54) is 5.56 Å². The van der Waals surface area contributed by atoms with Gasteiger partial charge in [0.25, 0.3) is 0 Å². The minimum atomic E-state index is -0.878. The lowest BCUT2D eigenvalue weighted by Crippen LogP contribution is -2.15. The van der Waals surface area contributed by atoms with Crippen LogP contribution in [0.3, 0.4) is 0 Å². The van der Waals surface area contributed by atoms with E-state index in [1.54, 1.807) is 0 Å². The third kappa shape index (κ3) is 1.80. The van der Waals surface area contributed by atoms with Gasteiger partial charge in [-0.05, 0) is 30.4 Å². The monoisotopic (exact) mass is 202 g/mol. The number of carbonyl (C=O) groups is 1. The van der Waals surface area contributed by atoms with Crippen LogP contribution in [0.25, 0.3) is 0 Å². The molecule has 0 radical (unpaired) electrons. The van der Waals surface area contributed by atoms with Gasteiger partial charge in [0.05, 0.1) is 0 Å². The molecule has 1 aromatic rings. The molecule has 1 atom stereocenters. The van der Waals surface area contributed by atoms with Crippen LogP contribution in [0.2, 0.25) is 0 Å². The first-order valence-corrected chi connectivity index (χ1v) is 5.20. The van der Waals surface area contributed by atoms with Crippen LogP contribution in [0.4, 0.5) is 0 Å². The smallest absolute Gasteiger partial charge is 0.331 e. The average Bonchev–Trinajstić information content (AvgIpc) is 2.27. The van der Waals surface area contributed by atoms with Crippen LogP contribution in [-0.2, 0) is 11.2 Å². The van der Waals surface area contributed by atoms with Crippen LogP contribution < -0.4 is 0 Å². The lowest BCUT2D eigenvalue weighted by atomic mass is 9.79. The predicted molar refractivity (Wildman–Crippen MR) is 58.9 cm³/mol. The second kappa shape index (κ2) is 3.89. The molecule has 1 N–H and O–H groups in total. The van der Waals surface area contributed by atoms with Gasteiger partial charge in [0, 0.05) is 11.5 Å². The maximum Gasteiger partial charge on any atom is 0.331 e. The molecule has 0 aromatic heterocycles. The Kier molecular flexibility index (Phi) is 2.58. The first kappa shape index (κ1) is 9.97. The Hall–Kier alpha value is -1.57. The second-order valence-corrected chi connectivity index (χ2v) is 3.97. The van der Waals surface area contributed by atoms with E-state index < -0.39 is 5.97 Å². The van der Waals surface area contributed by atoms with E-state index >= 15 is 0 Å². The molecule has 0 heterocycles. The fraction of sp³-hybridized carbons (Fsp3) is 0.308. The van der Waals surface area contributed by atoms with Gasteiger partial charge >= 0.3 is 5.97 Å². The summed E-state index contributed by atoms with van der Waals surface area (Å²) >= 11 is 0. The molecule has 1 aliphatic carbocycles. The number of benzene rings is 1. The Bertz CT molecular complexity index is 407. The van der Waals surface area contributed by atoms with Gasteiger partial charge in [-0.15, -0.1) is 0 Å². The van der Waals surface area contributed by atoms with Crippen molar-refractivity contribution in [1.82, 2.24) is 0 Å². The fourth-order valence-corrected chi connectivity index (χ4v) is 2.26. The number of aliphatic carboxylic acids is 1. The van der Waals surface area contributed by atoms with Crippen LogP contribution in [0.5, 0.6) is 0 Å². The predicted octanol–water partition coefficient (Wildman–Crippen LogP) is 2.75. The highest BCUT2D eigenvalue weighted by Crippen LogP contribution is 2.35. The highest BCUT2D eigenvalue weighted by atomic mass is 16.4. The molecule has 1 aliphatic rings. The van der Waals surface area contributed by atoms with Crippen molar-refractivity contribution in [2.24, 2.45) is 0 Å². The molecule has 15 heavy (non-hydrogen) atoms. The molecule has 0 saturated carbocycles. The van der Waals surface area contributed by atoms with Crippen molar-refractivity contribution in [3.63, 3.8) is 0 Å². The summed E-state index contributed by atoms with van der Waals surface area (Å²) < 4.78 is 0. The van der Waals surface area contributed by atoms with Crippen LogP contribution in [0.1, 0.15) is 29.9 Å². The van der Waals surface area contributed by atoms with Crippen LogP contribution in [0, 0.1) is 0 Å². The number of carboxylic acid groups (broad SMARTS) is 1. The first-order valence-electron chi connectivity index (χ1n) is 5.20. The largest absolute Gasteiger partial charge is 0.478 e. The summed E-state index contributed by atoms with van der Waals surface area (Å²) in [5, 5.41) is 8.96. The molecule has 0 fully saturated rings. The minimum absolute atomic E-state index is 0.00690. The number of aryl methyl sites for hydroxylation is 1. The van der Waals surface area contributed by atoms with Crippen molar-refractivity contribution in [3.05, 3.63) is 47.5 Å². The maximum absolute atomic E-state index is 10.9. The van der Waals surface area contributed by atoms with Gasteiger partial charge < -0.3 is 5.11 Å². The zero-order chi connectivity index (χ0) is 10.8. The molecule has 0 bridgehead atoms. The van der Waals surface area contributed by atoms with Crippen molar-refractivity contribution in [2.75, 3.05) is 0 Å². The van der Waals surface area contributed by atoms with E-state index in [0.717, 1.165) is 24.8 Å². The van der Waals surface area contributed by atoms with Gasteiger partial charge in [-0.3, -0.25) is 0 Å². The highest BCUT2D eigenvalue weighted by Gasteiger charge is 2.25. The quantitative estimate of drug-likeness (QED) is 0.749. The third-order valence-electron chi connectivity index (χ3n) is 3.06. The van der Waals surface area contributed by atoms with Crippen LogP contribution in [0.15, 0.2) is 36.4 Å². The minimum Gasteiger partial charge on any atom is -0.478 e. The SMILES string of the molecule is C=C(C(=O)O)[C@H]1CCCc2ccccc21. The average molecular weight is 202 g/mol. The Labute approximate surface area is 89.2 Å². The molecule has 0 amide bonds. The second-order valence-electron chi connectivity index (χ2n) is 3.97. The molecule has 1 aromatic carbocycles. The fourth-order valence-electron chi connectivity index (χ4n) is 2.26. The number of hydrogen-bond acceptors (Lipinski definition) is 1. The zero-order valence-corrected chi connectivity index (χ0v) is 8.57. The van der Waals surface area contributed by atoms with Gasteiger partial charge in [-0.1, -0.05) is 30.8 Å². The molecular formula is C13H14O2. The first-order chi connectivity index (χ1) is 7.20. The summed E-state index contributed by atoms with van der Waals surface area (Å²) in [6.45, 7) is 3.68. The molecular weight excluding hydrogens is 188 g/mol. The molecule has 2 heteroatoms. The van der Waals surface area contributed by atoms with E-state index in [0.29, 0.717) is 5.57 Å². The van der Waals surface area contributed by atoms with Gasteiger partial charge in [0.1, 0.15) is 0 Å². The number of fused-ring (bicyclic) bond motifs is 1. The Morgan fingerprint density at radius 1 is 1.40 bits per heavy atom. The summed E-state index contributed by atoms with van der Waals surface area (Å²) in [5.41, 5.74) is 2.74. The van der Waals surface area contributed by atoms with Gasteiger partial charge in [-0.25, -0.2) is 4.79 Å².